The summed E-state index contributed by atoms with van der Waals surface area (Å²) in [5.41, 5.74) is 2.14. The third kappa shape index (κ3) is 10.5. The molecule has 0 N–H and O–H groups in total. The van der Waals surface area contributed by atoms with E-state index >= 15 is 0 Å². The number of piperidine rings is 2. The SMILES string of the molecule is C[C@H](Oc1ccccc1OCc1ccccc1)[C@H]1CCCN(OC(=O)C(=O)ON2CCC[C@H]([C@H](C)Oc3ccccc3OCc3ccccc3)C2)C1. The molecule has 4 aromatic carbocycles. The molecule has 10 nitrogen and oxygen atoms in total. The van der Waals surface area contributed by atoms with Crippen LogP contribution in [0, 0.1) is 11.8 Å². The minimum absolute atomic E-state index is 0.0676. The predicted octanol–water partition coefficient (Wildman–Crippen LogP) is 7.42. The molecule has 2 aliphatic heterocycles. The summed E-state index contributed by atoms with van der Waals surface area (Å²) in [5, 5.41) is 3.09. The van der Waals surface area contributed by atoms with E-state index in [4.69, 9.17) is 28.6 Å². The first kappa shape index (κ1) is 36.7. The average Bonchev–Trinajstić information content (AvgIpc) is 3.18. The number of hydroxylamine groups is 4. The van der Waals surface area contributed by atoms with Crippen LogP contribution >= 0.6 is 0 Å². The van der Waals surface area contributed by atoms with E-state index < -0.39 is 11.9 Å². The summed E-state index contributed by atoms with van der Waals surface area (Å²) in [4.78, 5) is 36.8. The van der Waals surface area contributed by atoms with Gasteiger partial charge in [-0.25, -0.2) is 9.59 Å². The van der Waals surface area contributed by atoms with E-state index in [9.17, 15) is 9.59 Å². The number of hydrogen-bond acceptors (Lipinski definition) is 10. The molecule has 2 aliphatic rings. The maximum Gasteiger partial charge on any atom is 0.438 e. The van der Waals surface area contributed by atoms with Crippen LogP contribution in [-0.4, -0.2) is 60.5 Å². The summed E-state index contributed by atoms with van der Waals surface area (Å²) in [6.07, 6.45) is 2.99. The summed E-state index contributed by atoms with van der Waals surface area (Å²) in [6, 6.07) is 35.2. The Labute approximate surface area is 306 Å². The summed E-state index contributed by atoms with van der Waals surface area (Å²) in [6.45, 7) is 6.80. The van der Waals surface area contributed by atoms with Crippen LogP contribution in [0.25, 0.3) is 0 Å². The monoisotopic (exact) mass is 708 g/mol. The molecule has 10 heteroatoms. The van der Waals surface area contributed by atoms with Gasteiger partial charge in [0.25, 0.3) is 0 Å². The number of nitrogens with zero attached hydrogens (tertiary/aromatic N) is 2. The molecule has 0 aliphatic carbocycles. The van der Waals surface area contributed by atoms with E-state index in [-0.39, 0.29) is 24.0 Å². The fourth-order valence-electron chi connectivity index (χ4n) is 6.59. The van der Waals surface area contributed by atoms with Gasteiger partial charge in [0.2, 0.25) is 0 Å². The van der Waals surface area contributed by atoms with Crippen LogP contribution in [0.4, 0.5) is 0 Å². The Morgan fingerprint density at radius 1 is 0.558 bits per heavy atom. The van der Waals surface area contributed by atoms with Crippen LogP contribution in [0.2, 0.25) is 0 Å². The molecule has 2 fully saturated rings. The lowest BCUT2D eigenvalue weighted by atomic mass is 9.94. The van der Waals surface area contributed by atoms with E-state index in [1.807, 2.05) is 123 Å². The molecule has 0 unspecified atom stereocenters. The highest BCUT2D eigenvalue weighted by molar-refractivity contribution is 6.29. The molecule has 0 aromatic heterocycles. The van der Waals surface area contributed by atoms with Crippen molar-refractivity contribution in [3.05, 3.63) is 120 Å². The lowest BCUT2D eigenvalue weighted by Gasteiger charge is -2.35. The Morgan fingerprint density at radius 3 is 1.33 bits per heavy atom. The van der Waals surface area contributed by atoms with Gasteiger partial charge in [0.1, 0.15) is 25.4 Å². The molecule has 4 aromatic rings. The normalized spacial score (nSPS) is 19.1. The molecule has 0 spiro atoms. The Balaban J connectivity index is 0.955. The van der Waals surface area contributed by atoms with Crippen LogP contribution in [0.15, 0.2) is 109 Å². The fourth-order valence-corrected chi connectivity index (χ4v) is 6.59. The number of carbonyl (C=O) groups is 2. The van der Waals surface area contributed by atoms with Crippen molar-refractivity contribution in [3.63, 3.8) is 0 Å². The molecular formula is C42H48N2O8. The Bertz CT molecular complexity index is 1590. The average molecular weight is 709 g/mol. The van der Waals surface area contributed by atoms with Gasteiger partial charge >= 0.3 is 11.9 Å². The van der Waals surface area contributed by atoms with Gasteiger partial charge < -0.3 is 28.6 Å². The van der Waals surface area contributed by atoms with Crippen molar-refractivity contribution in [2.24, 2.45) is 11.8 Å². The summed E-state index contributed by atoms with van der Waals surface area (Å²) in [5.74, 6) is 0.704. The van der Waals surface area contributed by atoms with Gasteiger partial charge in [-0.15, -0.1) is 10.1 Å². The molecule has 4 atom stereocenters. The quantitative estimate of drug-likeness (QED) is 0.123. The molecule has 2 saturated heterocycles. The van der Waals surface area contributed by atoms with E-state index in [1.54, 1.807) is 10.1 Å². The molecule has 0 radical (unpaired) electrons. The highest BCUT2D eigenvalue weighted by Gasteiger charge is 2.33. The van der Waals surface area contributed by atoms with Gasteiger partial charge in [0.05, 0.1) is 0 Å². The minimum Gasteiger partial charge on any atom is -0.486 e. The number of ether oxygens (including phenoxy) is 4. The second-order valence-corrected chi connectivity index (χ2v) is 13.4. The van der Waals surface area contributed by atoms with Crippen LogP contribution in [0.1, 0.15) is 50.7 Å². The predicted molar refractivity (Wildman–Crippen MR) is 195 cm³/mol. The van der Waals surface area contributed by atoms with E-state index in [1.165, 1.54) is 0 Å². The third-order valence-corrected chi connectivity index (χ3v) is 9.56. The van der Waals surface area contributed by atoms with Crippen molar-refractivity contribution in [1.82, 2.24) is 10.1 Å². The number of para-hydroxylation sites is 4. The van der Waals surface area contributed by atoms with Crippen molar-refractivity contribution < 1.29 is 38.2 Å². The largest absolute Gasteiger partial charge is 0.486 e. The highest BCUT2D eigenvalue weighted by Crippen LogP contribution is 2.33. The molecule has 0 bridgehead atoms. The van der Waals surface area contributed by atoms with Gasteiger partial charge in [0.15, 0.2) is 23.0 Å². The van der Waals surface area contributed by atoms with Crippen molar-refractivity contribution in [2.75, 3.05) is 26.2 Å². The van der Waals surface area contributed by atoms with Gasteiger partial charge in [0, 0.05) is 38.0 Å². The van der Waals surface area contributed by atoms with Crippen molar-refractivity contribution in [2.45, 2.75) is 65.0 Å². The van der Waals surface area contributed by atoms with Crippen LogP contribution in [0.3, 0.4) is 0 Å². The zero-order valence-corrected chi connectivity index (χ0v) is 29.9. The first-order valence-corrected chi connectivity index (χ1v) is 18.2. The van der Waals surface area contributed by atoms with E-state index in [2.05, 4.69) is 0 Å². The molecule has 2 heterocycles. The van der Waals surface area contributed by atoms with Gasteiger partial charge in [-0.2, -0.15) is 0 Å². The van der Waals surface area contributed by atoms with Crippen molar-refractivity contribution in [3.8, 4) is 23.0 Å². The number of benzene rings is 4. The maximum atomic E-state index is 12.9. The molecule has 52 heavy (non-hydrogen) atoms. The lowest BCUT2D eigenvalue weighted by Crippen LogP contribution is -2.45. The fraction of sp³-hybridized carbons (Fsp3) is 0.381. The Morgan fingerprint density at radius 2 is 0.923 bits per heavy atom. The second-order valence-electron chi connectivity index (χ2n) is 13.4. The smallest absolute Gasteiger partial charge is 0.438 e. The van der Waals surface area contributed by atoms with Gasteiger partial charge in [-0.1, -0.05) is 84.9 Å². The molecule has 0 saturated carbocycles. The van der Waals surface area contributed by atoms with Gasteiger partial charge in [-0.3, -0.25) is 0 Å². The summed E-state index contributed by atoms with van der Waals surface area (Å²) in [7, 11) is 0. The molecule has 0 amide bonds. The zero-order valence-electron chi connectivity index (χ0n) is 29.9. The van der Waals surface area contributed by atoms with Crippen LogP contribution in [-0.2, 0) is 32.5 Å². The molecule has 6 rings (SSSR count). The Hall–Kier alpha value is -5.06. The maximum absolute atomic E-state index is 12.9. The Kier molecular flexibility index (Phi) is 13.0. The van der Waals surface area contributed by atoms with Crippen LogP contribution < -0.4 is 18.9 Å². The minimum atomic E-state index is -1.04. The third-order valence-electron chi connectivity index (χ3n) is 9.56. The molecular weight excluding hydrogens is 660 g/mol. The number of rotatable bonds is 14. The number of hydrogen-bond donors (Lipinski definition) is 0. The highest BCUT2D eigenvalue weighted by atomic mass is 16.8. The summed E-state index contributed by atoms with van der Waals surface area (Å²) < 4.78 is 24.9. The number of carbonyl (C=O) groups excluding carboxylic acids is 2. The summed E-state index contributed by atoms with van der Waals surface area (Å²) >= 11 is 0. The van der Waals surface area contributed by atoms with E-state index in [0.717, 1.165) is 36.8 Å². The topological polar surface area (TPSA) is 96.0 Å². The second kappa shape index (κ2) is 18.4. The zero-order chi connectivity index (χ0) is 36.1. The van der Waals surface area contributed by atoms with Gasteiger partial charge in [-0.05, 0) is 74.9 Å². The van der Waals surface area contributed by atoms with Crippen LogP contribution in [0.5, 0.6) is 23.0 Å². The standard InChI is InChI=1S/C42H48N2O8/c1-31(49-39-23-11-9-21-37(39)47-29-33-15-5-3-6-16-33)35-19-13-25-43(27-35)51-41(45)42(46)52-44-26-14-20-36(28-44)32(2)50-40-24-12-10-22-38(40)48-30-34-17-7-4-8-18-34/h3-12,15-18,21-24,31-32,35-36H,13-14,19-20,25-30H2,1-2H3/t31-,32-,35-,36-/m0/s1. The van der Waals surface area contributed by atoms with E-state index in [0.29, 0.717) is 62.4 Å². The van der Waals surface area contributed by atoms with Crippen molar-refractivity contribution in [1.29, 1.82) is 0 Å². The first-order valence-electron chi connectivity index (χ1n) is 18.2. The molecule has 274 valence electrons. The van der Waals surface area contributed by atoms with Crippen molar-refractivity contribution >= 4 is 11.9 Å². The first-order chi connectivity index (χ1) is 25.4. The lowest BCUT2D eigenvalue weighted by molar-refractivity contribution is -0.227.